The molecule has 0 radical (unpaired) electrons. The summed E-state index contributed by atoms with van der Waals surface area (Å²) in [4.78, 5) is 11.6. The third kappa shape index (κ3) is 4.05. The number of hydrogen-bond acceptors (Lipinski definition) is 4. The molecule has 0 saturated heterocycles. The fraction of sp³-hybridized carbons (Fsp3) is 0.417. The number of carbonyl (C=O) groups is 1. The highest BCUT2D eigenvalue weighted by molar-refractivity contribution is 5.81. The minimum Gasteiger partial charge on any atom is -0.496 e. The highest BCUT2D eigenvalue weighted by atomic mass is 16.5. The molecule has 5 nitrogen and oxygen atoms in total. The number of nitrogens with zero attached hydrogens (tertiary/aromatic N) is 1. The van der Waals surface area contributed by atoms with Gasteiger partial charge in [0.15, 0.2) is 0 Å². The van der Waals surface area contributed by atoms with E-state index in [2.05, 4.69) is 5.43 Å². The molecule has 94 valence electrons. The Morgan fingerprint density at radius 3 is 2.71 bits per heavy atom. The Balaban J connectivity index is 2.67. The molecule has 1 aromatic rings. The largest absolute Gasteiger partial charge is 0.496 e. The summed E-state index contributed by atoms with van der Waals surface area (Å²) in [7, 11) is 5.09. The van der Waals surface area contributed by atoms with E-state index in [1.807, 2.05) is 24.3 Å². The number of nitrogens with two attached hydrogens (primary N) is 1. The fourth-order valence-corrected chi connectivity index (χ4v) is 1.50. The van der Waals surface area contributed by atoms with E-state index in [1.165, 1.54) is 0 Å². The van der Waals surface area contributed by atoms with Gasteiger partial charge >= 0.3 is 0 Å². The molecule has 0 heterocycles. The molecule has 0 aliphatic heterocycles. The molecule has 1 aromatic carbocycles. The Bertz CT molecular complexity index is 380. The SMILES string of the molecule is COc1ccccc1CC(N)C(=O)NN(C)C. The molecule has 1 atom stereocenters. The number of hydrazine groups is 1. The van der Waals surface area contributed by atoms with Crippen molar-refractivity contribution in [3.8, 4) is 5.75 Å². The van der Waals surface area contributed by atoms with Crippen molar-refractivity contribution in [1.82, 2.24) is 10.4 Å². The molecular formula is C12H19N3O2. The van der Waals surface area contributed by atoms with Crippen molar-refractivity contribution in [2.45, 2.75) is 12.5 Å². The summed E-state index contributed by atoms with van der Waals surface area (Å²) in [6, 6.07) is 6.95. The van der Waals surface area contributed by atoms with Crippen LogP contribution in [0.4, 0.5) is 0 Å². The van der Waals surface area contributed by atoms with Crippen LogP contribution in [-0.2, 0) is 11.2 Å². The zero-order valence-corrected chi connectivity index (χ0v) is 10.4. The van der Waals surface area contributed by atoms with Crippen LogP contribution < -0.4 is 15.9 Å². The van der Waals surface area contributed by atoms with E-state index in [0.717, 1.165) is 11.3 Å². The van der Waals surface area contributed by atoms with Gasteiger partial charge in [-0.2, -0.15) is 0 Å². The number of nitrogens with one attached hydrogen (secondary N) is 1. The highest BCUT2D eigenvalue weighted by Gasteiger charge is 2.16. The first-order valence-corrected chi connectivity index (χ1v) is 5.40. The Hall–Kier alpha value is -1.59. The van der Waals surface area contributed by atoms with Gasteiger partial charge in [-0.3, -0.25) is 10.2 Å². The third-order valence-electron chi connectivity index (χ3n) is 2.30. The summed E-state index contributed by atoms with van der Waals surface area (Å²) in [5.41, 5.74) is 9.38. The predicted octanol–water partition coefficient (Wildman–Crippen LogP) is 0.158. The lowest BCUT2D eigenvalue weighted by atomic mass is 10.1. The normalized spacial score (nSPS) is 12.3. The molecule has 1 unspecified atom stereocenters. The van der Waals surface area contributed by atoms with E-state index in [1.54, 1.807) is 26.2 Å². The van der Waals surface area contributed by atoms with Crippen molar-refractivity contribution in [2.24, 2.45) is 5.73 Å². The van der Waals surface area contributed by atoms with Crippen LogP contribution in [0.15, 0.2) is 24.3 Å². The first kappa shape index (κ1) is 13.5. The Labute approximate surface area is 102 Å². The second-order valence-electron chi connectivity index (χ2n) is 3.99. The minimum atomic E-state index is -0.589. The summed E-state index contributed by atoms with van der Waals surface area (Å²) in [5.74, 6) is 0.543. The summed E-state index contributed by atoms with van der Waals surface area (Å²) >= 11 is 0. The maximum atomic E-state index is 11.6. The van der Waals surface area contributed by atoms with E-state index in [-0.39, 0.29) is 5.91 Å². The van der Waals surface area contributed by atoms with Gasteiger partial charge in [0.2, 0.25) is 0 Å². The average molecular weight is 237 g/mol. The molecule has 0 fully saturated rings. The van der Waals surface area contributed by atoms with Gasteiger partial charge in [0.1, 0.15) is 5.75 Å². The van der Waals surface area contributed by atoms with E-state index in [4.69, 9.17) is 10.5 Å². The number of amides is 1. The van der Waals surface area contributed by atoms with Gasteiger partial charge in [-0.05, 0) is 11.6 Å². The summed E-state index contributed by atoms with van der Waals surface area (Å²) < 4.78 is 5.21. The monoisotopic (exact) mass is 237 g/mol. The fourth-order valence-electron chi connectivity index (χ4n) is 1.50. The smallest absolute Gasteiger partial charge is 0.251 e. The molecule has 0 bridgehead atoms. The molecule has 1 amide bonds. The van der Waals surface area contributed by atoms with Crippen molar-refractivity contribution in [2.75, 3.05) is 21.2 Å². The van der Waals surface area contributed by atoms with Gasteiger partial charge in [-0.15, -0.1) is 0 Å². The number of para-hydroxylation sites is 1. The van der Waals surface area contributed by atoms with Gasteiger partial charge in [0.05, 0.1) is 13.2 Å². The number of hydrogen-bond donors (Lipinski definition) is 2. The summed E-state index contributed by atoms with van der Waals surface area (Å²) in [5, 5.41) is 1.57. The molecule has 5 heteroatoms. The van der Waals surface area contributed by atoms with Crippen LogP contribution in [-0.4, -0.2) is 38.2 Å². The van der Waals surface area contributed by atoms with Gasteiger partial charge in [-0.1, -0.05) is 18.2 Å². The average Bonchev–Trinajstić information content (AvgIpc) is 2.28. The first-order valence-electron chi connectivity index (χ1n) is 5.40. The summed E-state index contributed by atoms with van der Waals surface area (Å²) in [6.45, 7) is 0. The lowest BCUT2D eigenvalue weighted by molar-refractivity contribution is -0.126. The van der Waals surface area contributed by atoms with E-state index < -0.39 is 6.04 Å². The number of ether oxygens (including phenoxy) is 1. The van der Waals surface area contributed by atoms with Gasteiger partial charge in [0.25, 0.3) is 5.91 Å². The lowest BCUT2D eigenvalue weighted by Gasteiger charge is -2.17. The van der Waals surface area contributed by atoms with Crippen LogP contribution in [0.5, 0.6) is 5.75 Å². The standard InChI is InChI=1S/C12H19N3O2/c1-15(2)14-12(16)10(13)8-9-6-4-5-7-11(9)17-3/h4-7,10H,8,13H2,1-3H3,(H,14,16). The molecule has 0 aliphatic rings. The molecular weight excluding hydrogens is 218 g/mol. The maximum Gasteiger partial charge on any atom is 0.251 e. The molecule has 0 spiro atoms. The number of methoxy groups -OCH3 is 1. The predicted molar refractivity (Wildman–Crippen MR) is 66.5 cm³/mol. The summed E-state index contributed by atoms with van der Waals surface area (Å²) in [6.07, 6.45) is 0.448. The van der Waals surface area contributed by atoms with Crippen LogP contribution in [0.2, 0.25) is 0 Å². The van der Waals surface area contributed by atoms with Gasteiger partial charge in [0, 0.05) is 20.5 Å². The van der Waals surface area contributed by atoms with Crippen LogP contribution in [0, 0.1) is 0 Å². The van der Waals surface area contributed by atoms with Crippen molar-refractivity contribution in [1.29, 1.82) is 0 Å². The molecule has 0 aromatic heterocycles. The van der Waals surface area contributed by atoms with Crippen LogP contribution >= 0.6 is 0 Å². The van der Waals surface area contributed by atoms with Crippen molar-refractivity contribution < 1.29 is 9.53 Å². The Morgan fingerprint density at radius 2 is 2.12 bits per heavy atom. The highest BCUT2D eigenvalue weighted by Crippen LogP contribution is 2.18. The van der Waals surface area contributed by atoms with Crippen LogP contribution in [0.25, 0.3) is 0 Å². The quantitative estimate of drug-likeness (QED) is 0.716. The number of benzene rings is 1. The van der Waals surface area contributed by atoms with Crippen molar-refractivity contribution in [3.63, 3.8) is 0 Å². The Kier molecular flexibility index (Phi) is 4.93. The topological polar surface area (TPSA) is 67.6 Å². The maximum absolute atomic E-state index is 11.6. The molecule has 0 saturated carbocycles. The number of carbonyl (C=O) groups excluding carboxylic acids is 1. The second kappa shape index (κ2) is 6.22. The van der Waals surface area contributed by atoms with Crippen LogP contribution in [0.1, 0.15) is 5.56 Å². The molecule has 3 N–H and O–H groups in total. The third-order valence-corrected chi connectivity index (χ3v) is 2.30. The molecule has 0 aliphatic carbocycles. The Morgan fingerprint density at radius 1 is 1.47 bits per heavy atom. The lowest BCUT2D eigenvalue weighted by Crippen LogP contribution is -2.47. The van der Waals surface area contributed by atoms with Crippen molar-refractivity contribution in [3.05, 3.63) is 29.8 Å². The van der Waals surface area contributed by atoms with Crippen LogP contribution in [0.3, 0.4) is 0 Å². The van der Waals surface area contributed by atoms with E-state index in [0.29, 0.717) is 6.42 Å². The zero-order chi connectivity index (χ0) is 12.8. The molecule has 1 rings (SSSR count). The van der Waals surface area contributed by atoms with Gasteiger partial charge < -0.3 is 10.5 Å². The molecule has 17 heavy (non-hydrogen) atoms. The number of rotatable bonds is 5. The van der Waals surface area contributed by atoms with Gasteiger partial charge in [-0.25, -0.2) is 5.01 Å². The minimum absolute atomic E-state index is 0.207. The zero-order valence-electron chi connectivity index (χ0n) is 10.4. The first-order chi connectivity index (χ1) is 8.04. The van der Waals surface area contributed by atoms with E-state index >= 15 is 0 Å². The second-order valence-corrected chi connectivity index (χ2v) is 3.99. The van der Waals surface area contributed by atoms with Crippen molar-refractivity contribution >= 4 is 5.91 Å². The van der Waals surface area contributed by atoms with E-state index in [9.17, 15) is 4.79 Å².